The summed E-state index contributed by atoms with van der Waals surface area (Å²) in [6.45, 7) is 3.54. The second-order valence-electron chi connectivity index (χ2n) is 4.00. The molecule has 1 fully saturated rings. The highest BCUT2D eigenvalue weighted by molar-refractivity contribution is 7.99. The largest absolute Gasteiger partial charge is 0.363 e. The van der Waals surface area contributed by atoms with E-state index in [4.69, 9.17) is 11.6 Å². The summed E-state index contributed by atoms with van der Waals surface area (Å²) in [5.74, 6) is 2.45. The van der Waals surface area contributed by atoms with E-state index in [1.54, 1.807) is 0 Å². The summed E-state index contributed by atoms with van der Waals surface area (Å²) in [7, 11) is 0. The lowest BCUT2D eigenvalue weighted by molar-refractivity contribution is -0.384. The van der Waals surface area contributed by atoms with E-state index in [1.807, 2.05) is 11.8 Å². The third kappa shape index (κ3) is 3.92. The van der Waals surface area contributed by atoms with Crippen LogP contribution in [0.1, 0.15) is 0 Å². The zero-order valence-corrected chi connectivity index (χ0v) is 11.8. The van der Waals surface area contributed by atoms with Crippen molar-refractivity contribution in [2.75, 3.05) is 43.0 Å². The van der Waals surface area contributed by atoms with Crippen LogP contribution in [0.15, 0.2) is 6.33 Å². The van der Waals surface area contributed by atoms with Gasteiger partial charge in [0.15, 0.2) is 0 Å². The lowest BCUT2D eigenvalue weighted by Gasteiger charge is -2.26. The molecule has 1 N–H and O–H groups in total. The van der Waals surface area contributed by atoms with Crippen LogP contribution in [0, 0.1) is 10.1 Å². The fourth-order valence-corrected chi connectivity index (χ4v) is 2.99. The third-order valence-corrected chi connectivity index (χ3v) is 4.00. The van der Waals surface area contributed by atoms with Crippen molar-refractivity contribution in [3.05, 3.63) is 21.6 Å². The normalized spacial score (nSPS) is 16.3. The zero-order valence-electron chi connectivity index (χ0n) is 10.2. The lowest BCUT2D eigenvalue weighted by atomic mass is 10.4. The second-order valence-corrected chi connectivity index (χ2v) is 5.58. The molecule has 1 aliphatic rings. The van der Waals surface area contributed by atoms with Crippen LogP contribution in [-0.2, 0) is 0 Å². The molecule has 0 aromatic carbocycles. The average Bonchev–Trinajstić information content (AvgIpc) is 2.39. The maximum Gasteiger partial charge on any atom is 0.348 e. The zero-order chi connectivity index (χ0) is 13.7. The Kier molecular flexibility index (Phi) is 5.17. The van der Waals surface area contributed by atoms with Crippen molar-refractivity contribution in [2.24, 2.45) is 0 Å². The number of hydrogen-bond acceptors (Lipinski definition) is 7. The molecule has 0 bridgehead atoms. The van der Waals surface area contributed by atoms with E-state index < -0.39 is 4.92 Å². The minimum Gasteiger partial charge on any atom is -0.363 e. The fraction of sp³-hybridized carbons (Fsp3) is 0.600. The summed E-state index contributed by atoms with van der Waals surface area (Å²) in [5, 5.41) is 13.7. The Morgan fingerprint density at radius 1 is 1.47 bits per heavy atom. The topological polar surface area (TPSA) is 84.2 Å². The van der Waals surface area contributed by atoms with Crippen molar-refractivity contribution in [3.8, 4) is 0 Å². The SMILES string of the molecule is O=[N+]([O-])c1c(Cl)ncnc1NCCN1CCSCC1. The van der Waals surface area contributed by atoms with Crippen LogP contribution in [0.2, 0.25) is 5.15 Å². The fourth-order valence-electron chi connectivity index (χ4n) is 1.81. The molecule has 19 heavy (non-hydrogen) atoms. The molecule has 1 saturated heterocycles. The molecule has 0 amide bonds. The first-order valence-electron chi connectivity index (χ1n) is 5.87. The molecular formula is C10H14ClN5O2S. The number of nitrogens with one attached hydrogen (secondary N) is 1. The maximum atomic E-state index is 10.9. The molecule has 1 aliphatic heterocycles. The van der Waals surface area contributed by atoms with E-state index >= 15 is 0 Å². The van der Waals surface area contributed by atoms with Gasteiger partial charge in [-0.3, -0.25) is 15.0 Å². The van der Waals surface area contributed by atoms with Gasteiger partial charge in [0.05, 0.1) is 4.92 Å². The van der Waals surface area contributed by atoms with E-state index in [0.717, 1.165) is 31.1 Å². The van der Waals surface area contributed by atoms with Gasteiger partial charge in [0.2, 0.25) is 11.0 Å². The molecule has 1 aromatic heterocycles. The first-order chi connectivity index (χ1) is 9.18. The molecular weight excluding hydrogens is 290 g/mol. The van der Waals surface area contributed by atoms with Crippen molar-refractivity contribution < 1.29 is 4.92 Å². The van der Waals surface area contributed by atoms with Gasteiger partial charge in [-0.1, -0.05) is 11.6 Å². The minimum absolute atomic E-state index is 0.142. The van der Waals surface area contributed by atoms with Crippen LogP contribution < -0.4 is 5.32 Å². The van der Waals surface area contributed by atoms with E-state index in [-0.39, 0.29) is 16.7 Å². The number of nitro groups is 1. The highest BCUT2D eigenvalue weighted by Crippen LogP contribution is 2.27. The van der Waals surface area contributed by atoms with Gasteiger partial charge in [0, 0.05) is 37.7 Å². The predicted octanol–water partition coefficient (Wildman–Crippen LogP) is 1.50. The van der Waals surface area contributed by atoms with E-state index in [9.17, 15) is 10.1 Å². The summed E-state index contributed by atoms with van der Waals surface area (Å²) in [4.78, 5) is 20.1. The summed E-state index contributed by atoms with van der Waals surface area (Å²) >= 11 is 7.65. The van der Waals surface area contributed by atoms with Gasteiger partial charge in [0.25, 0.3) is 0 Å². The molecule has 0 saturated carbocycles. The molecule has 2 heterocycles. The van der Waals surface area contributed by atoms with Crippen molar-refractivity contribution in [1.82, 2.24) is 14.9 Å². The van der Waals surface area contributed by atoms with Crippen LogP contribution in [0.3, 0.4) is 0 Å². The van der Waals surface area contributed by atoms with Crippen molar-refractivity contribution >= 4 is 34.9 Å². The Balaban J connectivity index is 1.92. The number of hydrogen-bond donors (Lipinski definition) is 1. The van der Waals surface area contributed by atoms with E-state index in [0.29, 0.717) is 6.54 Å². The minimum atomic E-state index is -0.567. The van der Waals surface area contributed by atoms with Crippen LogP contribution >= 0.6 is 23.4 Å². The number of anilines is 1. The first-order valence-corrected chi connectivity index (χ1v) is 7.40. The van der Waals surface area contributed by atoms with Gasteiger partial charge < -0.3 is 5.32 Å². The predicted molar refractivity (Wildman–Crippen MR) is 76.0 cm³/mol. The quantitative estimate of drug-likeness (QED) is 0.501. The molecule has 0 unspecified atom stereocenters. The molecule has 1 aromatic rings. The van der Waals surface area contributed by atoms with Gasteiger partial charge in [0.1, 0.15) is 6.33 Å². The highest BCUT2D eigenvalue weighted by atomic mass is 35.5. The summed E-state index contributed by atoms with van der Waals surface area (Å²) in [6, 6.07) is 0. The molecule has 0 spiro atoms. The monoisotopic (exact) mass is 303 g/mol. The van der Waals surface area contributed by atoms with Gasteiger partial charge in [-0.25, -0.2) is 9.97 Å². The van der Waals surface area contributed by atoms with Gasteiger partial charge in [-0.05, 0) is 0 Å². The Morgan fingerprint density at radius 2 is 2.21 bits per heavy atom. The Labute approximate surface area is 119 Å². The molecule has 0 radical (unpaired) electrons. The van der Waals surface area contributed by atoms with Gasteiger partial charge in [-0.2, -0.15) is 11.8 Å². The van der Waals surface area contributed by atoms with E-state index in [1.165, 1.54) is 6.33 Å². The molecule has 0 atom stereocenters. The maximum absolute atomic E-state index is 10.9. The smallest absolute Gasteiger partial charge is 0.348 e. The molecule has 7 nitrogen and oxygen atoms in total. The van der Waals surface area contributed by atoms with Crippen LogP contribution in [-0.4, -0.2) is 57.5 Å². The van der Waals surface area contributed by atoms with E-state index in [2.05, 4.69) is 20.2 Å². The number of nitrogens with zero attached hydrogens (tertiary/aromatic N) is 4. The molecule has 0 aliphatic carbocycles. The Morgan fingerprint density at radius 3 is 2.89 bits per heavy atom. The standard InChI is InChI=1S/C10H14ClN5O2S/c11-9-8(16(17)18)10(14-7-13-9)12-1-2-15-3-5-19-6-4-15/h7H,1-6H2,(H,12,13,14). The van der Waals surface area contributed by atoms with Gasteiger partial charge in [-0.15, -0.1) is 0 Å². The van der Waals surface area contributed by atoms with Crippen LogP contribution in [0.4, 0.5) is 11.5 Å². The van der Waals surface area contributed by atoms with Gasteiger partial charge >= 0.3 is 5.69 Å². The van der Waals surface area contributed by atoms with Crippen LogP contribution in [0.25, 0.3) is 0 Å². The van der Waals surface area contributed by atoms with Crippen molar-refractivity contribution in [1.29, 1.82) is 0 Å². The lowest BCUT2D eigenvalue weighted by Crippen LogP contribution is -2.36. The van der Waals surface area contributed by atoms with Crippen molar-refractivity contribution in [2.45, 2.75) is 0 Å². The molecule has 104 valence electrons. The number of rotatable bonds is 5. The molecule has 2 rings (SSSR count). The second kappa shape index (κ2) is 6.88. The number of thioether (sulfide) groups is 1. The number of halogens is 1. The average molecular weight is 304 g/mol. The van der Waals surface area contributed by atoms with Crippen LogP contribution in [0.5, 0.6) is 0 Å². The number of aromatic nitrogens is 2. The molecule has 9 heteroatoms. The van der Waals surface area contributed by atoms with Crippen molar-refractivity contribution in [3.63, 3.8) is 0 Å². The Bertz CT molecular complexity index is 456. The highest BCUT2D eigenvalue weighted by Gasteiger charge is 2.21. The first kappa shape index (κ1) is 14.3. The summed E-state index contributed by atoms with van der Waals surface area (Å²) < 4.78 is 0. The third-order valence-electron chi connectivity index (χ3n) is 2.78. The Hall–Kier alpha value is -1.12. The summed E-state index contributed by atoms with van der Waals surface area (Å²) in [5.41, 5.74) is -0.265. The summed E-state index contributed by atoms with van der Waals surface area (Å²) in [6.07, 6.45) is 1.22.